The molecular formula is C11H24N4O4. The van der Waals surface area contributed by atoms with Crippen LogP contribution in [0.25, 0.3) is 0 Å². The summed E-state index contributed by atoms with van der Waals surface area (Å²) in [7, 11) is 1.54. The lowest BCUT2D eigenvalue weighted by atomic mass is 10.3. The maximum absolute atomic E-state index is 11.4. The number of ether oxygens (including phenoxy) is 1. The van der Waals surface area contributed by atoms with Gasteiger partial charge in [0, 0.05) is 52.9 Å². The molecule has 1 aliphatic heterocycles. The molecule has 0 unspecified atom stereocenters. The summed E-state index contributed by atoms with van der Waals surface area (Å²) in [5.74, 6) is -1.19. The number of hydrogen-bond acceptors (Lipinski definition) is 5. The molecule has 1 rings (SSSR count). The summed E-state index contributed by atoms with van der Waals surface area (Å²) in [4.78, 5) is 24.9. The van der Waals surface area contributed by atoms with Crippen molar-refractivity contribution < 1.29 is 19.8 Å². The number of hydrogen-bond donors (Lipinski definition) is 3. The fourth-order valence-corrected chi connectivity index (χ4v) is 1.69. The summed E-state index contributed by atoms with van der Waals surface area (Å²) in [5, 5.41) is 8.33. The van der Waals surface area contributed by atoms with E-state index < -0.39 is 11.8 Å². The normalized spacial score (nSPS) is 15.4. The van der Waals surface area contributed by atoms with Crippen LogP contribution in [-0.4, -0.2) is 81.7 Å². The van der Waals surface area contributed by atoms with Crippen molar-refractivity contribution in [3.05, 3.63) is 0 Å². The van der Waals surface area contributed by atoms with Crippen molar-refractivity contribution in [3.63, 3.8) is 0 Å². The minimum absolute atomic E-state index is 0. The van der Waals surface area contributed by atoms with Crippen LogP contribution in [0, 0.1) is 0 Å². The van der Waals surface area contributed by atoms with Gasteiger partial charge in [-0.15, -0.1) is 0 Å². The van der Waals surface area contributed by atoms with E-state index in [-0.39, 0.29) is 5.48 Å². The molecule has 0 atom stereocenters. The van der Waals surface area contributed by atoms with E-state index in [1.54, 1.807) is 7.11 Å². The van der Waals surface area contributed by atoms with Gasteiger partial charge in [-0.25, -0.2) is 0 Å². The number of nitrogens with one attached hydrogen (secondary N) is 3. The molecule has 19 heavy (non-hydrogen) atoms. The highest BCUT2D eigenvalue weighted by atomic mass is 16.5. The number of carbonyl (C=O) groups is 2. The smallest absolute Gasteiger partial charge is 0.309 e. The molecule has 112 valence electrons. The molecule has 5 N–H and O–H groups in total. The molecule has 1 aliphatic rings. The topological polar surface area (TPSA) is 114 Å². The second-order valence-corrected chi connectivity index (χ2v) is 4.10. The van der Waals surface area contributed by atoms with Crippen molar-refractivity contribution in [1.82, 2.24) is 20.9 Å². The van der Waals surface area contributed by atoms with Crippen molar-refractivity contribution in [2.45, 2.75) is 0 Å². The number of piperazine rings is 1. The third-order valence-corrected chi connectivity index (χ3v) is 2.72. The molecule has 2 amide bonds. The third-order valence-electron chi connectivity index (χ3n) is 2.72. The van der Waals surface area contributed by atoms with E-state index in [9.17, 15) is 9.59 Å². The van der Waals surface area contributed by atoms with Gasteiger partial charge >= 0.3 is 11.8 Å². The van der Waals surface area contributed by atoms with Crippen LogP contribution in [0.15, 0.2) is 0 Å². The fraction of sp³-hybridized carbons (Fsp3) is 0.818. The van der Waals surface area contributed by atoms with Crippen LogP contribution in [0.1, 0.15) is 0 Å². The lowest BCUT2D eigenvalue weighted by molar-refractivity contribution is -0.139. The van der Waals surface area contributed by atoms with Crippen LogP contribution in [-0.2, 0) is 14.3 Å². The highest BCUT2D eigenvalue weighted by molar-refractivity contribution is 6.35. The predicted molar refractivity (Wildman–Crippen MR) is 70.8 cm³/mol. The lowest BCUT2D eigenvalue weighted by Crippen LogP contribution is -2.48. The minimum Gasteiger partial charge on any atom is -0.412 e. The quantitative estimate of drug-likeness (QED) is 0.352. The van der Waals surface area contributed by atoms with Gasteiger partial charge in [0.1, 0.15) is 0 Å². The number of amides is 2. The number of nitrogens with zero attached hydrogens (tertiary/aromatic N) is 1. The Kier molecular flexibility index (Phi) is 9.99. The Morgan fingerprint density at radius 1 is 1.16 bits per heavy atom. The average molecular weight is 276 g/mol. The first-order chi connectivity index (χ1) is 8.74. The SMILES string of the molecule is COCCNC(=O)C(=O)NCCN1CCNCC1.O. The summed E-state index contributed by atoms with van der Waals surface area (Å²) < 4.78 is 4.77. The zero-order chi connectivity index (χ0) is 13.2. The monoisotopic (exact) mass is 276 g/mol. The highest BCUT2D eigenvalue weighted by Crippen LogP contribution is 1.89. The highest BCUT2D eigenvalue weighted by Gasteiger charge is 2.13. The average Bonchev–Trinajstić information content (AvgIpc) is 2.40. The lowest BCUT2D eigenvalue weighted by Gasteiger charge is -2.26. The van der Waals surface area contributed by atoms with Crippen molar-refractivity contribution in [2.24, 2.45) is 0 Å². The summed E-state index contributed by atoms with van der Waals surface area (Å²) in [6, 6.07) is 0. The molecule has 8 heteroatoms. The Morgan fingerprint density at radius 2 is 1.74 bits per heavy atom. The second kappa shape index (κ2) is 10.7. The van der Waals surface area contributed by atoms with Crippen LogP contribution < -0.4 is 16.0 Å². The van der Waals surface area contributed by atoms with Crippen LogP contribution in [0.3, 0.4) is 0 Å². The molecule has 1 fully saturated rings. The van der Waals surface area contributed by atoms with Gasteiger partial charge in [0.15, 0.2) is 0 Å². The van der Waals surface area contributed by atoms with E-state index in [1.165, 1.54) is 0 Å². The van der Waals surface area contributed by atoms with Crippen LogP contribution in [0.5, 0.6) is 0 Å². The molecule has 1 heterocycles. The van der Waals surface area contributed by atoms with Crippen LogP contribution in [0.4, 0.5) is 0 Å². The molecule has 0 bridgehead atoms. The summed E-state index contributed by atoms with van der Waals surface area (Å²) in [6.45, 7) is 5.94. The molecule has 1 saturated heterocycles. The van der Waals surface area contributed by atoms with Gasteiger partial charge < -0.3 is 26.2 Å². The number of carbonyl (C=O) groups excluding carboxylic acids is 2. The van der Waals surface area contributed by atoms with E-state index in [0.717, 1.165) is 32.7 Å². The van der Waals surface area contributed by atoms with E-state index in [4.69, 9.17) is 4.74 Å². The maximum Gasteiger partial charge on any atom is 0.309 e. The summed E-state index contributed by atoms with van der Waals surface area (Å²) >= 11 is 0. The first-order valence-corrected chi connectivity index (χ1v) is 6.22. The Bertz CT molecular complexity index is 269. The molecule has 0 radical (unpaired) electrons. The molecule has 0 aromatic rings. The van der Waals surface area contributed by atoms with Gasteiger partial charge in [0.2, 0.25) is 0 Å². The van der Waals surface area contributed by atoms with Crippen molar-refractivity contribution in [2.75, 3.05) is 59.5 Å². The molecule has 0 saturated carbocycles. The van der Waals surface area contributed by atoms with Gasteiger partial charge in [-0.2, -0.15) is 0 Å². The minimum atomic E-state index is -0.604. The van der Waals surface area contributed by atoms with Crippen molar-refractivity contribution in [3.8, 4) is 0 Å². The molecule has 0 aromatic carbocycles. The Labute approximate surface area is 113 Å². The van der Waals surface area contributed by atoms with Gasteiger partial charge in [-0.1, -0.05) is 0 Å². The van der Waals surface area contributed by atoms with E-state index in [0.29, 0.717) is 19.7 Å². The summed E-state index contributed by atoms with van der Waals surface area (Å²) in [5.41, 5.74) is 0. The van der Waals surface area contributed by atoms with Crippen molar-refractivity contribution >= 4 is 11.8 Å². The zero-order valence-electron chi connectivity index (χ0n) is 11.3. The fourth-order valence-electron chi connectivity index (χ4n) is 1.69. The Morgan fingerprint density at radius 3 is 2.32 bits per heavy atom. The predicted octanol–water partition coefficient (Wildman–Crippen LogP) is -3.05. The first-order valence-electron chi connectivity index (χ1n) is 6.22. The van der Waals surface area contributed by atoms with Gasteiger partial charge in [-0.05, 0) is 0 Å². The Balaban J connectivity index is 0.00000324. The first kappa shape index (κ1) is 17.8. The Hall–Kier alpha value is -1.22. The third kappa shape index (κ3) is 7.73. The van der Waals surface area contributed by atoms with Crippen LogP contribution in [0.2, 0.25) is 0 Å². The van der Waals surface area contributed by atoms with Gasteiger partial charge in [0.05, 0.1) is 6.61 Å². The van der Waals surface area contributed by atoms with Crippen LogP contribution >= 0.6 is 0 Å². The molecule has 0 spiro atoms. The zero-order valence-corrected chi connectivity index (χ0v) is 11.3. The van der Waals surface area contributed by atoms with Gasteiger partial charge in [0.25, 0.3) is 0 Å². The van der Waals surface area contributed by atoms with E-state index in [2.05, 4.69) is 20.9 Å². The van der Waals surface area contributed by atoms with Crippen molar-refractivity contribution in [1.29, 1.82) is 0 Å². The molecule has 8 nitrogen and oxygen atoms in total. The second-order valence-electron chi connectivity index (χ2n) is 4.10. The summed E-state index contributed by atoms with van der Waals surface area (Å²) in [6.07, 6.45) is 0. The maximum atomic E-state index is 11.4. The van der Waals surface area contributed by atoms with Gasteiger partial charge in [-0.3, -0.25) is 14.5 Å². The van der Waals surface area contributed by atoms with E-state index >= 15 is 0 Å². The van der Waals surface area contributed by atoms with E-state index in [1.807, 2.05) is 0 Å². The molecule has 0 aromatic heterocycles. The number of methoxy groups -OCH3 is 1. The largest absolute Gasteiger partial charge is 0.412 e. The molecule has 0 aliphatic carbocycles. The molecular weight excluding hydrogens is 252 g/mol. The number of rotatable bonds is 6. The standard InChI is InChI=1S/C11H22N4O3.H2O/c1-18-9-5-14-11(17)10(16)13-4-8-15-6-2-12-3-7-15;/h12H,2-9H2,1H3,(H,13,16)(H,14,17);1H2.